The molecule has 90 valence electrons. The molecule has 7 heteroatoms. The van der Waals surface area contributed by atoms with Gasteiger partial charge in [0.25, 0.3) is 0 Å². The van der Waals surface area contributed by atoms with E-state index in [1.165, 1.54) is 7.11 Å². The van der Waals surface area contributed by atoms with Crippen LogP contribution in [-0.4, -0.2) is 35.8 Å². The summed E-state index contributed by atoms with van der Waals surface area (Å²) < 4.78 is 9.83. The molecular weight excluding hydrogens is 212 g/mol. The van der Waals surface area contributed by atoms with Crippen LogP contribution < -0.4 is 11.1 Å². The van der Waals surface area contributed by atoms with Gasteiger partial charge in [0.1, 0.15) is 0 Å². The fourth-order valence-corrected chi connectivity index (χ4v) is 1.13. The Morgan fingerprint density at radius 1 is 1.69 bits per heavy atom. The van der Waals surface area contributed by atoms with Crippen molar-refractivity contribution < 1.29 is 14.1 Å². The Kier molecular flexibility index (Phi) is 4.87. The molecular formula is C9H16N4O3. The van der Waals surface area contributed by atoms with Gasteiger partial charge in [-0.3, -0.25) is 4.79 Å². The lowest BCUT2D eigenvalue weighted by Crippen LogP contribution is -2.31. The van der Waals surface area contributed by atoms with Crippen LogP contribution in [0.4, 0.5) is 0 Å². The maximum Gasteiger partial charge on any atom is 0.246 e. The van der Waals surface area contributed by atoms with E-state index < -0.39 is 0 Å². The average Bonchev–Trinajstić information content (AvgIpc) is 2.69. The lowest BCUT2D eigenvalue weighted by molar-refractivity contribution is -0.123. The number of amides is 1. The van der Waals surface area contributed by atoms with Crippen molar-refractivity contribution in [3.8, 4) is 0 Å². The number of carbonyl (C=O) groups excluding carboxylic acids is 1. The molecule has 1 heterocycles. The molecule has 7 nitrogen and oxygen atoms in total. The highest BCUT2D eigenvalue weighted by atomic mass is 16.5. The second kappa shape index (κ2) is 6.19. The van der Waals surface area contributed by atoms with E-state index in [-0.39, 0.29) is 25.0 Å². The van der Waals surface area contributed by atoms with E-state index in [1.54, 1.807) is 6.92 Å². The van der Waals surface area contributed by atoms with E-state index in [4.69, 9.17) is 15.0 Å². The van der Waals surface area contributed by atoms with E-state index in [0.717, 1.165) is 0 Å². The molecule has 0 aromatic carbocycles. The molecule has 3 N–H and O–H groups in total. The third kappa shape index (κ3) is 3.95. The summed E-state index contributed by atoms with van der Waals surface area (Å²) in [6.07, 6.45) is -0.0375. The SMILES string of the molecule is COC(CN)CC(=O)NCc1nc(C)no1. The van der Waals surface area contributed by atoms with Crippen molar-refractivity contribution in [3.63, 3.8) is 0 Å². The lowest BCUT2D eigenvalue weighted by Gasteiger charge is -2.11. The molecule has 0 aliphatic rings. The van der Waals surface area contributed by atoms with E-state index in [0.29, 0.717) is 18.3 Å². The van der Waals surface area contributed by atoms with Gasteiger partial charge in [-0.2, -0.15) is 4.98 Å². The Morgan fingerprint density at radius 3 is 2.94 bits per heavy atom. The number of aryl methyl sites for hydroxylation is 1. The number of ether oxygens (including phenoxy) is 1. The molecule has 1 amide bonds. The van der Waals surface area contributed by atoms with Crippen molar-refractivity contribution in [1.29, 1.82) is 0 Å². The first-order chi connectivity index (χ1) is 7.65. The zero-order chi connectivity index (χ0) is 12.0. The summed E-state index contributed by atoms with van der Waals surface area (Å²) in [6, 6.07) is 0. The average molecular weight is 228 g/mol. The summed E-state index contributed by atoms with van der Waals surface area (Å²) >= 11 is 0. The quantitative estimate of drug-likeness (QED) is 0.671. The van der Waals surface area contributed by atoms with Gasteiger partial charge in [0.15, 0.2) is 5.82 Å². The number of nitrogens with one attached hydrogen (secondary N) is 1. The standard InChI is InChI=1S/C9H16N4O3/c1-6-12-9(16-13-6)5-11-8(14)3-7(4-10)15-2/h7H,3-5,10H2,1-2H3,(H,11,14). The predicted octanol–water partition coefficient (Wildman–Crippen LogP) is -0.642. The first-order valence-corrected chi connectivity index (χ1v) is 4.94. The van der Waals surface area contributed by atoms with Crippen molar-refractivity contribution in [1.82, 2.24) is 15.5 Å². The maximum atomic E-state index is 11.4. The number of rotatable bonds is 6. The van der Waals surface area contributed by atoms with Crippen LogP contribution >= 0.6 is 0 Å². The van der Waals surface area contributed by atoms with Gasteiger partial charge in [-0.05, 0) is 6.92 Å². The molecule has 1 rings (SSSR count). The molecule has 0 saturated heterocycles. The number of methoxy groups -OCH3 is 1. The van der Waals surface area contributed by atoms with Crippen molar-refractivity contribution in [2.75, 3.05) is 13.7 Å². The van der Waals surface area contributed by atoms with Gasteiger partial charge in [-0.1, -0.05) is 5.16 Å². The summed E-state index contributed by atoms with van der Waals surface area (Å²) in [5.41, 5.74) is 5.40. The molecule has 0 fully saturated rings. The smallest absolute Gasteiger partial charge is 0.246 e. The van der Waals surface area contributed by atoms with Crippen molar-refractivity contribution in [3.05, 3.63) is 11.7 Å². The van der Waals surface area contributed by atoms with Gasteiger partial charge in [0, 0.05) is 13.7 Å². The normalized spacial score (nSPS) is 12.4. The van der Waals surface area contributed by atoms with Gasteiger partial charge in [-0.15, -0.1) is 0 Å². The van der Waals surface area contributed by atoms with Gasteiger partial charge < -0.3 is 20.3 Å². The highest BCUT2D eigenvalue weighted by Gasteiger charge is 2.12. The fraction of sp³-hybridized carbons (Fsp3) is 0.667. The molecule has 0 radical (unpaired) electrons. The van der Waals surface area contributed by atoms with Gasteiger partial charge in [0.2, 0.25) is 11.8 Å². The van der Waals surface area contributed by atoms with Crippen LogP contribution in [0, 0.1) is 6.92 Å². The molecule has 0 saturated carbocycles. The lowest BCUT2D eigenvalue weighted by atomic mass is 10.2. The number of hydrogen-bond acceptors (Lipinski definition) is 6. The number of carbonyl (C=O) groups is 1. The molecule has 0 aliphatic carbocycles. The first-order valence-electron chi connectivity index (χ1n) is 4.94. The second-order valence-corrected chi connectivity index (χ2v) is 3.31. The van der Waals surface area contributed by atoms with Gasteiger partial charge >= 0.3 is 0 Å². The van der Waals surface area contributed by atoms with Gasteiger partial charge in [-0.25, -0.2) is 0 Å². The Balaban J connectivity index is 2.30. The van der Waals surface area contributed by atoms with Crippen molar-refractivity contribution in [2.45, 2.75) is 26.0 Å². The zero-order valence-corrected chi connectivity index (χ0v) is 9.40. The fourth-order valence-electron chi connectivity index (χ4n) is 1.13. The highest BCUT2D eigenvalue weighted by Crippen LogP contribution is 1.97. The number of aromatic nitrogens is 2. The summed E-state index contributed by atoms with van der Waals surface area (Å²) in [5, 5.41) is 6.25. The Bertz CT molecular complexity index is 335. The van der Waals surface area contributed by atoms with E-state index in [1.807, 2.05) is 0 Å². The molecule has 0 spiro atoms. The highest BCUT2D eigenvalue weighted by molar-refractivity contribution is 5.76. The van der Waals surface area contributed by atoms with Crippen LogP contribution in [0.2, 0.25) is 0 Å². The van der Waals surface area contributed by atoms with Crippen LogP contribution in [0.1, 0.15) is 18.1 Å². The molecule has 1 aromatic rings. The third-order valence-corrected chi connectivity index (χ3v) is 2.02. The van der Waals surface area contributed by atoms with E-state index >= 15 is 0 Å². The molecule has 1 atom stereocenters. The van der Waals surface area contributed by atoms with Crippen LogP contribution in [-0.2, 0) is 16.1 Å². The molecule has 1 aromatic heterocycles. The Labute approximate surface area is 93.3 Å². The zero-order valence-electron chi connectivity index (χ0n) is 9.40. The number of nitrogens with two attached hydrogens (primary N) is 1. The topological polar surface area (TPSA) is 103 Å². The Morgan fingerprint density at radius 2 is 2.44 bits per heavy atom. The first kappa shape index (κ1) is 12.6. The van der Waals surface area contributed by atoms with E-state index in [2.05, 4.69) is 15.5 Å². The summed E-state index contributed by atoms with van der Waals surface area (Å²) in [6.45, 7) is 2.24. The summed E-state index contributed by atoms with van der Waals surface area (Å²) in [5.74, 6) is 0.765. The minimum atomic E-state index is -0.260. The molecule has 16 heavy (non-hydrogen) atoms. The Hall–Kier alpha value is -1.47. The monoisotopic (exact) mass is 228 g/mol. The molecule has 1 unspecified atom stereocenters. The van der Waals surface area contributed by atoms with Crippen LogP contribution in [0.5, 0.6) is 0 Å². The van der Waals surface area contributed by atoms with Crippen molar-refractivity contribution in [2.24, 2.45) is 5.73 Å². The minimum Gasteiger partial charge on any atom is -0.380 e. The summed E-state index contributed by atoms with van der Waals surface area (Å²) in [4.78, 5) is 15.4. The summed E-state index contributed by atoms with van der Waals surface area (Å²) in [7, 11) is 1.52. The largest absolute Gasteiger partial charge is 0.380 e. The molecule has 0 bridgehead atoms. The van der Waals surface area contributed by atoms with Crippen LogP contribution in [0.15, 0.2) is 4.52 Å². The second-order valence-electron chi connectivity index (χ2n) is 3.31. The number of nitrogens with zero attached hydrogens (tertiary/aromatic N) is 2. The predicted molar refractivity (Wildman–Crippen MR) is 55.4 cm³/mol. The molecule has 0 aliphatic heterocycles. The van der Waals surface area contributed by atoms with E-state index in [9.17, 15) is 4.79 Å². The van der Waals surface area contributed by atoms with Crippen molar-refractivity contribution >= 4 is 5.91 Å². The third-order valence-electron chi connectivity index (χ3n) is 2.02. The van der Waals surface area contributed by atoms with Crippen LogP contribution in [0.3, 0.4) is 0 Å². The number of hydrogen-bond donors (Lipinski definition) is 2. The van der Waals surface area contributed by atoms with Gasteiger partial charge in [0.05, 0.1) is 19.1 Å². The minimum absolute atomic E-state index is 0.159. The van der Waals surface area contributed by atoms with Crippen LogP contribution in [0.25, 0.3) is 0 Å². The maximum absolute atomic E-state index is 11.4.